The fourth-order valence-electron chi connectivity index (χ4n) is 1.78. The van der Waals surface area contributed by atoms with Crippen molar-refractivity contribution in [3.63, 3.8) is 0 Å². The molecule has 2 N–H and O–H groups in total. The van der Waals surface area contributed by atoms with Gasteiger partial charge >= 0.3 is 0 Å². The van der Waals surface area contributed by atoms with E-state index in [9.17, 15) is 26.9 Å². The maximum atomic E-state index is 12.5. The molecule has 0 saturated heterocycles. The molecule has 10 heteroatoms. The molecule has 0 saturated carbocycles. The Hall–Kier alpha value is -2.30. The third kappa shape index (κ3) is 2.98. The Morgan fingerprint density at radius 2 is 1.50 bits per heavy atom. The highest BCUT2D eigenvalue weighted by atomic mass is 32.2. The summed E-state index contributed by atoms with van der Waals surface area (Å²) in [5.41, 5.74) is -0.573. The molecule has 0 bridgehead atoms. The van der Waals surface area contributed by atoms with Gasteiger partial charge in [-0.25, -0.2) is 22.0 Å². The van der Waals surface area contributed by atoms with Gasteiger partial charge in [-0.3, -0.25) is 10.1 Å². The summed E-state index contributed by atoms with van der Waals surface area (Å²) < 4.78 is 48.2. The Morgan fingerprint density at radius 3 is 2.00 bits per heavy atom. The summed E-state index contributed by atoms with van der Waals surface area (Å²) in [7, 11) is -8.64. The zero-order valence-electron chi connectivity index (χ0n) is 10.9. The van der Waals surface area contributed by atoms with E-state index in [2.05, 4.69) is 0 Å². The van der Waals surface area contributed by atoms with E-state index in [1.807, 2.05) is 0 Å². The van der Waals surface area contributed by atoms with Crippen molar-refractivity contribution in [2.45, 2.75) is 14.7 Å². The van der Waals surface area contributed by atoms with E-state index in [1.165, 1.54) is 24.3 Å². The highest BCUT2D eigenvalue weighted by Gasteiger charge is 2.28. The Bertz CT molecular complexity index is 937. The lowest BCUT2D eigenvalue weighted by molar-refractivity contribution is -0.385. The standard InChI is InChI=1S/C12H10N2O6S2/c13-22(19,20)12-8-9(14(15)16)6-7-11(12)21(17,18)10-4-2-1-3-5-10/h1-8H,(H2,13,19,20). The van der Waals surface area contributed by atoms with Crippen LogP contribution in [0, 0.1) is 10.1 Å². The van der Waals surface area contributed by atoms with Gasteiger partial charge in [-0.2, -0.15) is 0 Å². The molecule has 22 heavy (non-hydrogen) atoms. The Kier molecular flexibility index (Phi) is 4.00. The smallest absolute Gasteiger partial charge is 0.258 e. The van der Waals surface area contributed by atoms with Crippen LogP contribution in [0.2, 0.25) is 0 Å². The molecule has 0 radical (unpaired) electrons. The van der Waals surface area contributed by atoms with Gasteiger partial charge in [-0.05, 0) is 18.2 Å². The van der Waals surface area contributed by atoms with Crippen LogP contribution < -0.4 is 5.14 Å². The molecule has 0 fully saturated rings. The van der Waals surface area contributed by atoms with Gasteiger partial charge in [0.2, 0.25) is 19.9 Å². The van der Waals surface area contributed by atoms with Gasteiger partial charge in [0.25, 0.3) is 5.69 Å². The second-order valence-electron chi connectivity index (χ2n) is 4.25. The number of nitrogens with two attached hydrogens (primary N) is 1. The number of benzene rings is 2. The van der Waals surface area contributed by atoms with Crippen molar-refractivity contribution in [2.75, 3.05) is 0 Å². The number of sulfonamides is 1. The van der Waals surface area contributed by atoms with Crippen molar-refractivity contribution in [1.82, 2.24) is 0 Å². The second-order valence-corrected chi connectivity index (χ2v) is 7.70. The predicted octanol–water partition coefficient (Wildman–Crippen LogP) is 1.08. The van der Waals surface area contributed by atoms with Gasteiger partial charge in [0.1, 0.15) is 4.90 Å². The summed E-state index contributed by atoms with van der Waals surface area (Å²) in [6, 6.07) is 9.49. The zero-order chi connectivity index (χ0) is 16.5. The van der Waals surface area contributed by atoms with Gasteiger partial charge in [0.15, 0.2) is 0 Å². The highest BCUT2D eigenvalue weighted by Crippen LogP contribution is 2.29. The number of rotatable bonds is 4. The Labute approximate surface area is 126 Å². The van der Waals surface area contributed by atoms with Gasteiger partial charge in [-0.15, -0.1) is 0 Å². The fourth-order valence-corrected chi connectivity index (χ4v) is 4.43. The lowest BCUT2D eigenvalue weighted by Gasteiger charge is -2.09. The van der Waals surface area contributed by atoms with Crippen molar-refractivity contribution >= 4 is 25.5 Å². The number of sulfone groups is 1. The van der Waals surface area contributed by atoms with E-state index < -0.39 is 40.3 Å². The summed E-state index contributed by atoms with van der Waals surface area (Å²) in [5, 5.41) is 15.7. The van der Waals surface area contributed by atoms with Crippen LogP contribution in [0.5, 0.6) is 0 Å². The van der Waals surface area contributed by atoms with E-state index in [-0.39, 0.29) is 4.90 Å². The molecule has 0 aliphatic rings. The largest absolute Gasteiger partial charge is 0.270 e. The maximum absolute atomic E-state index is 12.5. The SMILES string of the molecule is NS(=O)(=O)c1cc([N+](=O)[O-])ccc1S(=O)(=O)c1ccccc1. The van der Waals surface area contributed by atoms with Crippen LogP contribution in [0.4, 0.5) is 5.69 Å². The van der Waals surface area contributed by atoms with Gasteiger partial charge in [0, 0.05) is 12.1 Å². The Balaban J connectivity index is 2.79. The van der Waals surface area contributed by atoms with Crippen LogP contribution in [0.25, 0.3) is 0 Å². The van der Waals surface area contributed by atoms with Crippen molar-refractivity contribution < 1.29 is 21.8 Å². The molecule has 0 heterocycles. The first kappa shape index (κ1) is 16.1. The van der Waals surface area contributed by atoms with E-state index in [1.54, 1.807) is 6.07 Å². The van der Waals surface area contributed by atoms with E-state index in [4.69, 9.17) is 5.14 Å². The lowest BCUT2D eigenvalue weighted by atomic mass is 10.3. The molecule has 2 rings (SSSR count). The van der Waals surface area contributed by atoms with Crippen molar-refractivity contribution in [1.29, 1.82) is 0 Å². The summed E-state index contributed by atoms with van der Waals surface area (Å²) in [4.78, 5) is 8.33. The molecule has 0 amide bonds. The van der Waals surface area contributed by atoms with Crippen LogP contribution >= 0.6 is 0 Å². The highest BCUT2D eigenvalue weighted by molar-refractivity contribution is 7.93. The molecule has 2 aromatic rings. The molecule has 0 unspecified atom stereocenters. The number of primary sulfonamides is 1. The molecular weight excluding hydrogens is 332 g/mol. The molecule has 0 aliphatic heterocycles. The third-order valence-corrected chi connectivity index (χ3v) is 5.70. The van der Waals surface area contributed by atoms with Crippen LogP contribution in [0.3, 0.4) is 0 Å². The average Bonchev–Trinajstić information content (AvgIpc) is 2.46. The molecule has 116 valence electrons. The molecule has 2 aromatic carbocycles. The predicted molar refractivity (Wildman–Crippen MR) is 76.4 cm³/mol. The molecule has 0 spiro atoms. The first-order chi connectivity index (χ1) is 10.1. The van der Waals surface area contributed by atoms with E-state index >= 15 is 0 Å². The van der Waals surface area contributed by atoms with Crippen LogP contribution in [0.15, 0.2) is 63.2 Å². The third-order valence-electron chi connectivity index (χ3n) is 2.79. The van der Waals surface area contributed by atoms with Gasteiger partial charge < -0.3 is 0 Å². The Morgan fingerprint density at radius 1 is 0.909 bits per heavy atom. The van der Waals surface area contributed by atoms with Crippen molar-refractivity contribution in [3.8, 4) is 0 Å². The lowest BCUT2D eigenvalue weighted by Crippen LogP contribution is -2.17. The molecular formula is C12H10N2O6S2. The van der Waals surface area contributed by atoms with Crippen LogP contribution in [0.1, 0.15) is 0 Å². The molecule has 8 nitrogen and oxygen atoms in total. The number of nitro benzene ring substituents is 1. The summed E-state index contributed by atoms with van der Waals surface area (Å²) in [5.74, 6) is 0. The maximum Gasteiger partial charge on any atom is 0.270 e. The summed E-state index contributed by atoms with van der Waals surface area (Å²) in [6.45, 7) is 0. The van der Waals surface area contributed by atoms with Crippen LogP contribution in [-0.2, 0) is 19.9 Å². The molecule has 0 atom stereocenters. The number of nitro groups is 1. The monoisotopic (exact) mass is 342 g/mol. The first-order valence-corrected chi connectivity index (χ1v) is 8.78. The van der Waals surface area contributed by atoms with Crippen molar-refractivity contribution in [2.24, 2.45) is 5.14 Å². The second kappa shape index (κ2) is 5.48. The minimum absolute atomic E-state index is 0.145. The summed E-state index contributed by atoms with van der Waals surface area (Å²) in [6.07, 6.45) is 0. The summed E-state index contributed by atoms with van der Waals surface area (Å²) >= 11 is 0. The minimum Gasteiger partial charge on any atom is -0.258 e. The van der Waals surface area contributed by atoms with Gasteiger partial charge in [-0.1, -0.05) is 18.2 Å². The molecule has 0 aliphatic carbocycles. The molecule has 0 aromatic heterocycles. The van der Waals surface area contributed by atoms with Crippen LogP contribution in [-0.4, -0.2) is 21.8 Å². The zero-order valence-corrected chi connectivity index (χ0v) is 12.5. The van der Waals surface area contributed by atoms with Gasteiger partial charge in [0.05, 0.1) is 14.7 Å². The quantitative estimate of drug-likeness (QED) is 0.651. The first-order valence-electron chi connectivity index (χ1n) is 5.75. The number of nitrogens with zero attached hydrogens (tertiary/aromatic N) is 1. The van der Waals surface area contributed by atoms with E-state index in [0.29, 0.717) is 6.07 Å². The fraction of sp³-hybridized carbons (Fsp3) is 0. The number of hydrogen-bond acceptors (Lipinski definition) is 6. The number of hydrogen-bond donors (Lipinski definition) is 1. The van der Waals surface area contributed by atoms with Crippen molar-refractivity contribution in [3.05, 3.63) is 58.6 Å². The average molecular weight is 342 g/mol. The minimum atomic E-state index is -4.46. The number of non-ortho nitro benzene ring substituents is 1. The van der Waals surface area contributed by atoms with E-state index in [0.717, 1.165) is 12.1 Å². The normalized spacial score (nSPS) is 12.0. The topological polar surface area (TPSA) is 137 Å².